The monoisotopic (exact) mass is 255 g/mol. The maximum Gasteiger partial charge on any atom is 0.251 e. The Balaban J connectivity index is 0.00000137. The van der Waals surface area contributed by atoms with Gasteiger partial charge in [0.15, 0.2) is 5.78 Å². The van der Waals surface area contributed by atoms with Crippen LogP contribution < -0.4 is 5.32 Å². The SMILES string of the molecule is CC.CC(C)C(=O)COCC(=O)Nc1ccn[nH]1. The Kier molecular flexibility index (Phi) is 8.47. The molecule has 0 spiro atoms. The number of ketones is 1. The lowest BCUT2D eigenvalue weighted by Gasteiger charge is -2.05. The fourth-order valence-electron chi connectivity index (χ4n) is 0.923. The number of hydrogen-bond acceptors (Lipinski definition) is 4. The van der Waals surface area contributed by atoms with E-state index in [2.05, 4.69) is 15.5 Å². The molecule has 102 valence electrons. The van der Waals surface area contributed by atoms with Crippen molar-refractivity contribution >= 4 is 17.5 Å². The zero-order valence-electron chi connectivity index (χ0n) is 11.3. The number of ether oxygens (including phenoxy) is 1. The van der Waals surface area contributed by atoms with E-state index in [-0.39, 0.29) is 30.8 Å². The lowest BCUT2D eigenvalue weighted by atomic mass is 10.1. The third kappa shape index (κ3) is 6.80. The maximum atomic E-state index is 11.3. The maximum absolute atomic E-state index is 11.3. The van der Waals surface area contributed by atoms with Crippen molar-refractivity contribution in [1.82, 2.24) is 10.2 Å². The van der Waals surface area contributed by atoms with Gasteiger partial charge in [-0.15, -0.1) is 0 Å². The highest BCUT2D eigenvalue weighted by molar-refractivity contribution is 5.91. The van der Waals surface area contributed by atoms with Gasteiger partial charge in [0.2, 0.25) is 0 Å². The van der Waals surface area contributed by atoms with Gasteiger partial charge in [0.25, 0.3) is 5.91 Å². The smallest absolute Gasteiger partial charge is 0.251 e. The molecule has 0 radical (unpaired) electrons. The molecule has 0 saturated carbocycles. The number of amides is 1. The topological polar surface area (TPSA) is 84.1 Å². The summed E-state index contributed by atoms with van der Waals surface area (Å²) < 4.78 is 4.97. The van der Waals surface area contributed by atoms with Crippen LogP contribution in [0.1, 0.15) is 27.7 Å². The number of nitrogens with one attached hydrogen (secondary N) is 2. The number of anilines is 1. The average Bonchev–Trinajstić information content (AvgIpc) is 2.84. The van der Waals surface area contributed by atoms with Crippen LogP contribution in [0.15, 0.2) is 12.3 Å². The first-order valence-electron chi connectivity index (χ1n) is 5.99. The first-order chi connectivity index (χ1) is 8.59. The van der Waals surface area contributed by atoms with E-state index in [9.17, 15) is 9.59 Å². The molecule has 1 aromatic rings. The zero-order chi connectivity index (χ0) is 14.0. The fourth-order valence-corrected chi connectivity index (χ4v) is 0.923. The van der Waals surface area contributed by atoms with Gasteiger partial charge in [-0.2, -0.15) is 5.10 Å². The van der Waals surface area contributed by atoms with Crippen molar-refractivity contribution in [3.05, 3.63) is 12.3 Å². The molecule has 0 atom stereocenters. The van der Waals surface area contributed by atoms with Gasteiger partial charge < -0.3 is 10.1 Å². The van der Waals surface area contributed by atoms with Crippen LogP contribution in [-0.4, -0.2) is 35.1 Å². The van der Waals surface area contributed by atoms with Crippen LogP contribution in [0.25, 0.3) is 0 Å². The van der Waals surface area contributed by atoms with Crippen LogP contribution in [0.2, 0.25) is 0 Å². The summed E-state index contributed by atoms with van der Waals surface area (Å²) in [4.78, 5) is 22.4. The molecule has 1 aromatic heterocycles. The summed E-state index contributed by atoms with van der Waals surface area (Å²) in [6.07, 6.45) is 1.53. The highest BCUT2D eigenvalue weighted by atomic mass is 16.5. The van der Waals surface area contributed by atoms with E-state index in [4.69, 9.17) is 4.74 Å². The van der Waals surface area contributed by atoms with Crippen molar-refractivity contribution in [3.8, 4) is 0 Å². The van der Waals surface area contributed by atoms with Crippen LogP contribution in [0.3, 0.4) is 0 Å². The fraction of sp³-hybridized carbons (Fsp3) is 0.583. The second-order valence-electron chi connectivity index (χ2n) is 3.63. The Morgan fingerprint density at radius 1 is 1.39 bits per heavy atom. The quantitative estimate of drug-likeness (QED) is 0.809. The van der Waals surface area contributed by atoms with Crippen LogP contribution in [-0.2, 0) is 14.3 Å². The molecule has 1 heterocycles. The summed E-state index contributed by atoms with van der Waals surface area (Å²) in [6.45, 7) is 7.40. The number of H-pyrrole nitrogens is 1. The molecule has 6 heteroatoms. The van der Waals surface area contributed by atoms with E-state index >= 15 is 0 Å². The lowest BCUT2D eigenvalue weighted by molar-refractivity contribution is -0.129. The highest BCUT2D eigenvalue weighted by Crippen LogP contribution is 1.98. The number of carbonyl (C=O) groups is 2. The molecule has 1 rings (SSSR count). The third-order valence-corrected chi connectivity index (χ3v) is 1.90. The minimum Gasteiger partial charge on any atom is -0.364 e. The van der Waals surface area contributed by atoms with E-state index in [0.29, 0.717) is 5.82 Å². The lowest BCUT2D eigenvalue weighted by Crippen LogP contribution is -2.22. The standard InChI is InChI=1S/C10H15N3O3.C2H6/c1-7(2)8(14)5-16-6-10(15)12-9-3-4-11-13-9;1-2/h3-4,7H,5-6H2,1-2H3,(H2,11,12,13,15);1-2H3. The van der Waals surface area contributed by atoms with Crippen LogP contribution in [0.5, 0.6) is 0 Å². The molecule has 0 aliphatic heterocycles. The van der Waals surface area contributed by atoms with Gasteiger partial charge in [-0.1, -0.05) is 27.7 Å². The number of aromatic nitrogens is 2. The summed E-state index contributed by atoms with van der Waals surface area (Å²) in [5, 5.41) is 8.78. The Hall–Kier alpha value is -1.69. The van der Waals surface area contributed by atoms with E-state index in [1.165, 1.54) is 6.20 Å². The summed E-state index contributed by atoms with van der Waals surface area (Å²) in [7, 11) is 0. The number of aromatic amines is 1. The minimum absolute atomic E-state index is 0.0191. The van der Waals surface area contributed by atoms with Crippen molar-refractivity contribution in [1.29, 1.82) is 0 Å². The van der Waals surface area contributed by atoms with Crippen LogP contribution in [0.4, 0.5) is 5.82 Å². The van der Waals surface area contributed by atoms with Gasteiger partial charge in [0, 0.05) is 12.0 Å². The molecule has 1 amide bonds. The predicted molar refractivity (Wildman–Crippen MR) is 69.2 cm³/mol. The summed E-state index contributed by atoms with van der Waals surface area (Å²) in [5.74, 6) is 0.0922. The number of nitrogens with zero attached hydrogens (tertiary/aromatic N) is 1. The Morgan fingerprint density at radius 2 is 2.06 bits per heavy atom. The van der Waals surface area contributed by atoms with Crippen LogP contribution >= 0.6 is 0 Å². The van der Waals surface area contributed by atoms with Crippen molar-refractivity contribution < 1.29 is 14.3 Å². The molecule has 2 N–H and O–H groups in total. The predicted octanol–water partition coefficient (Wildman–Crippen LogP) is 1.62. The highest BCUT2D eigenvalue weighted by Gasteiger charge is 2.09. The Bertz CT molecular complexity index is 347. The minimum atomic E-state index is -0.319. The van der Waals surface area contributed by atoms with Gasteiger partial charge in [0.05, 0.1) is 6.20 Å². The van der Waals surface area contributed by atoms with Crippen molar-refractivity contribution in [3.63, 3.8) is 0 Å². The van der Waals surface area contributed by atoms with E-state index in [1.54, 1.807) is 19.9 Å². The number of hydrogen-bond donors (Lipinski definition) is 2. The first kappa shape index (κ1) is 16.3. The van der Waals surface area contributed by atoms with Gasteiger partial charge in [0.1, 0.15) is 19.0 Å². The normalized spacial score (nSPS) is 9.61. The molecule has 18 heavy (non-hydrogen) atoms. The molecular weight excluding hydrogens is 234 g/mol. The van der Waals surface area contributed by atoms with E-state index in [0.717, 1.165) is 0 Å². The van der Waals surface area contributed by atoms with Gasteiger partial charge >= 0.3 is 0 Å². The zero-order valence-corrected chi connectivity index (χ0v) is 11.3. The second kappa shape index (κ2) is 9.35. The van der Waals surface area contributed by atoms with Crippen molar-refractivity contribution in [2.45, 2.75) is 27.7 Å². The summed E-state index contributed by atoms with van der Waals surface area (Å²) in [5.41, 5.74) is 0. The molecule has 0 fully saturated rings. The molecule has 6 nitrogen and oxygen atoms in total. The number of Topliss-reactive ketones (excluding diaryl/α,β-unsaturated/α-hetero) is 1. The molecule has 0 bridgehead atoms. The Labute approximate surface area is 107 Å². The molecule has 0 saturated heterocycles. The van der Waals surface area contributed by atoms with E-state index in [1.807, 2.05) is 13.8 Å². The van der Waals surface area contributed by atoms with Crippen molar-refractivity contribution in [2.24, 2.45) is 5.92 Å². The summed E-state index contributed by atoms with van der Waals surface area (Å²) >= 11 is 0. The number of rotatable bonds is 6. The van der Waals surface area contributed by atoms with Gasteiger partial charge in [-0.3, -0.25) is 14.7 Å². The third-order valence-electron chi connectivity index (χ3n) is 1.90. The van der Waals surface area contributed by atoms with E-state index < -0.39 is 0 Å². The van der Waals surface area contributed by atoms with Crippen LogP contribution in [0, 0.1) is 5.92 Å². The molecule has 0 aromatic carbocycles. The Morgan fingerprint density at radius 3 is 2.56 bits per heavy atom. The summed E-state index contributed by atoms with van der Waals surface area (Å²) in [6, 6.07) is 1.62. The molecule has 0 unspecified atom stereocenters. The average molecular weight is 255 g/mol. The molecule has 0 aliphatic rings. The first-order valence-corrected chi connectivity index (χ1v) is 5.99. The van der Waals surface area contributed by atoms with Gasteiger partial charge in [-0.25, -0.2) is 0 Å². The largest absolute Gasteiger partial charge is 0.364 e. The van der Waals surface area contributed by atoms with Crippen molar-refractivity contribution in [2.75, 3.05) is 18.5 Å². The second-order valence-corrected chi connectivity index (χ2v) is 3.63. The number of carbonyl (C=O) groups excluding carboxylic acids is 2. The van der Waals surface area contributed by atoms with Gasteiger partial charge in [-0.05, 0) is 0 Å². The molecule has 0 aliphatic carbocycles. The molecular formula is C12H21N3O3.